The number of nitrogens with zero attached hydrogens (tertiary/aromatic N) is 2. The molecule has 134 valence electrons. The molecule has 0 N–H and O–H groups in total. The highest BCUT2D eigenvalue weighted by Crippen LogP contribution is 2.32. The van der Waals surface area contributed by atoms with Gasteiger partial charge >= 0.3 is 0 Å². The number of hydrogen-bond donors (Lipinski definition) is 0. The summed E-state index contributed by atoms with van der Waals surface area (Å²) in [5, 5.41) is 0. The molecule has 1 atom stereocenters. The average molecular weight is 351 g/mol. The maximum atomic E-state index is 12.0. The van der Waals surface area contributed by atoms with Crippen LogP contribution < -0.4 is 0 Å². The highest BCUT2D eigenvalue weighted by molar-refractivity contribution is 7.89. The minimum absolute atomic E-state index is 0.209. The van der Waals surface area contributed by atoms with Crippen LogP contribution in [0.15, 0.2) is 24.3 Å². The molecule has 2 fully saturated rings. The topological polar surface area (TPSA) is 40.6 Å². The molecule has 1 aromatic rings. The van der Waals surface area contributed by atoms with Gasteiger partial charge in [0.25, 0.3) is 0 Å². The van der Waals surface area contributed by atoms with E-state index >= 15 is 0 Å². The van der Waals surface area contributed by atoms with Crippen LogP contribution in [-0.4, -0.2) is 49.6 Å². The molecule has 1 aromatic carbocycles. The second kappa shape index (κ2) is 7.54. The van der Waals surface area contributed by atoms with Crippen molar-refractivity contribution in [2.24, 2.45) is 0 Å². The van der Waals surface area contributed by atoms with E-state index in [1.54, 1.807) is 11.2 Å². The number of rotatable bonds is 5. The lowest BCUT2D eigenvalue weighted by atomic mass is 9.88. The fraction of sp³-hybridized carbons (Fsp3) is 0.684. The number of piperidine rings is 1. The van der Waals surface area contributed by atoms with Crippen LogP contribution in [0.25, 0.3) is 0 Å². The fourth-order valence-electron chi connectivity index (χ4n) is 4.06. The van der Waals surface area contributed by atoms with Crippen LogP contribution in [0.2, 0.25) is 0 Å². The first-order valence-electron chi connectivity index (χ1n) is 9.33. The summed E-state index contributed by atoms with van der Waals surface area (Å²) in [7, 11) is -3.03. The molecular weight excluding hydrogens is 320 g/mol. The second-order valence-electron chi connectivity index (χ2n) is 7.16. The van der Waals surface area contributed by atoms with Crippen molar-refractivity contribution in [2.75, 3.05) is 31.9 Å². The zero-order valence-corrected chi connectivity index (χ0v) is 15.8. The largest absolute Gasteiger partial charge is 0.297 e. The van der Waals surface area contributed by atoms with E-state index in [2.05, 4.69) is 36.1 Å². The van der Waals surface area contributed by atoms with Crippen molar-refractivity contribution in [3.05, 3.63) is 35.4 Å². The Labute approximate surface area is 146 Å². The van der Waals surface area contributed by atoms with Gasteiger partial charge in [-0.3, -0.25) is 4.90 Å². The molecule has 0 saturated carbocycles. The van der Waals surface area contributed by atoms with Crippen LogP contribution in [-0.2, 0) is 10.0 Å². The summed E-state index contributed by atoms with van der Waals surface area (Å²) in [4.78, 5) is 2.57. The third-order valence-electron chi connectivity index (χ3n) is 5.76. The maximum Gasteiger partial charge on any atom is 0.213 e. The molecule has 0 bridgehead atoms. The zero-order valence-electron chi connectivity index (χ0n) is 14.9. The molecule has 2 heterocycles. The first-order chi connectivity index (χ1) is 11.5. The number of sulfonamides is 1. The smallest absolute Gasteiger partial charge is 0.213 e. The van der Waals surface area contributed by atoms with Gasteiger partial charge in [0.05, 0.1) is 5.75 Å². The molecule has 0 spiro atoms. The summed E-state index contributed by atoms with van der Waals surface area (Å²) < 4.78 is 25.7. The van der Waals surface area contributed by atoms with Crippen molar-refractivity contribution < 1.29 is 8.42 Å². The highest BCUT2D eigenvalue weighted by Gasteiger charge is 2.28. The molecular formula is C19H30N2O2S. The number of benzene rings is 1. The van der Waals surface area contributed by atoms with Gasteiger partial charge in [-0.15, -0.1) is 0 Å². The summed E-state index contributed by atoms with van der Waals surface area (Å²) in [5.74, 6) is 0.694. The predicted molar refractivity (Wildman–Crippen MR) is 98.7 cm³/mol. The number of hydrogen-bond acceptors (Lipinski definition) is 3. The minimum atomic E-state index is -3.03. The van der Waals surface area contributed by atoms with Crippen LogP contribution >= 0.6 is 0 Å². The Bertz CT molecular complexity index is 645. The van der Waals surface area contributed by atoms with Crippen LogP contribution in [0, 0.1) is 0 Å². The van der Waals surface area contributed by atoms with Crippen LogP contribution in [0.1, 0.15) is 62.6 Å². The summed E-state index contributed by atoms with van der Waals surface area (Å²) in [6, 6.07) is 9.47. The summed E-state index contributed by atoms with van der Waals surface area (Å²) in [6.45, 7) is 7.77. The third kappa shape index (κ3) is 3.84. The van der Waals surface area contributed by atoms with Crippen LogP contribution in [0.4, 0.5) is 0 Å². The fourth-order valence-corrected chi connectivity index (χ4v) is 5.19. The van der Waals surface area contributed by atoms with Crippen molar-refractivity contribution in [1.82, 2.24) is 9.21 Å². The quantitative estimate of drug-likeness (QED) is 0.817. The van der Waals surface area contributed by atoms with E-state index in [4.69, 9.17) is 0 Å². The normalized spacial score (nSPS) is 22.8. The van der Waals surface area contributed by atoms with Crippen molar-refractivity contribution in [2.45, 2.75) is 51.5 Å². The molecule has 1 unspecified atom stereocenters. The Balaban J connectivity index is 1.67. The zero-order chi connectivity index (χ0) is 17.2. The van der Waals surface area contributed by atoms with Crippen molar-refractivity contribution >= 4 is 10.0 Å². The van der Waals surface area contributed by atoms with Gasteiger partial charge in [0.15, 0.2) is 0 Å². The van der Waals surface area contributed by atoms with E-state index < -0.39 is 10.0 Å². The van der Waals surface area contributed by atoms with Gasteiger partial charge < -0.3 is 0 Å². The summed E-state index contributed by atoms with van der Waals surface area (Å²) in [5.41, 5.74) is 2.78. The molecule has 0 aromatic heterocycles. The first-order valence-corrected chi connectivity index (χ1v) is 10.9. The van der Waals surface area contributed by atoms with Gasteiger partial charge in [-0.1, -0.05) is 24.3 Å². The lowest BCUT2D eigenvalue weighted by Gasteiger charge is -2.32. The van der Waals surface area contributed by atoms with E-state index in [9.17, 15) is 8.42 Å². The molecule has 0 radical (unpaired) electrons. The molecule has 2 aliphatic heterocycles. The standard InChI is InChI=1S/C19H30N2O2S/c1-3-24(22,23)21-13-9-17(10-14-21)19-8-6-7-18(15-19)16(2)20-11-4-5-12-20/h6-8,15-17H,3-5,9-14H2,1-2H3. The first kappa shape index (κ1) is 17.9. The van der Waals surface area contributed by atoms with Gasteiger partial charge in [0, 0.05) is 19.1 Å². The summed E-state index contributed by atoms with van der Waals surface area (Å²) in [6.07, 6.45) is 4.49. The van der Waals surface area contributed by atoms with Gasteiger partial charge in [-0.25, -0.2) is 12.7 Å². The lowest BCUT2D eigenvalue weighted by molar-refractivity contribution is 0.263. The molecule has 0 aliphatic carbocycles. The Morgan fingerprint density at radius 2 is 1.79 bits per heavy atom. The van der Waals surface area contributed by atoms with Gasteiger partial charge in [-0.05, 0) is 69.7 Å². The van der Waals surface area contributed by atoms with E-state index in [1.165, 1.54) is 37.1 Å². The van der Waals surface area contributed by atoms with Crippen molar-refractivity contribution in [3.63, 3.8) is 0 Å². The van der Waals surface area contributed by atoms with Gasteiger partial charge in [-0.2, -0.15) is 0 Å². The van der Waals surface area contributed by atoms with Crippen molar-refractivity contribution in [1.29, 1.82) is 0 Å². The number of likely N-dealkylation sites (tertiary alicyclic amines) is 1. The summed E-state index contributed by atoms with van der Waals surface area (Å²) >= 11 is 0. The molecule has 5 heteroatoms. The van der Waals surface area contributed by atoms with Gasteiger partial charge in [0.1, 0.15) is 0 Å². The van der Waals surface area contributed by atoms with Crippen LogP contribution in [0.3, 0.4) is 0 Å². The molecule has 3 rings (SSSR count). The highest BCUT2D eigenvalue weighted by atomic mass is 32.2. The van der Waals surface area contributed by atoms with E-state index in [-0.39, 0.29) is 5.75 Å². The van der Waals surface area contributed by atoms with Crippen LogP contribution in [0.5, 0.6) is 0 Å². The molecule has 2 aliphatic rings. The molecule has 2 saturated heterocycles. The predicted octanol–water partition coefficient (Wildman–Crippen LogP) is 3.37. The Morgan fingerprint density at radius 3 is 2.42 bits per heavy atom. The van der Waals surface area contributed by atoms with Gasteiger partial charge in [0.2, 0.25) is 10.0 Å². The Hall–Kier alpha value is -0.910. The Morgan fingerprint density at radius 1 is 1.12 bits per heavy atom. The van der Waals surface area contributed by atoms with Crippen molar-refractivity contribution in [3.8, 4) is 0 Å². The molecule has 0 amide bonds. The SMILES string of the molecule is CCS(=O)(=O)N1CCC(c2cccc(C(C)N3CCCC3)c2)CC1. The Kier molecular flexibility index (Phi) is 5.63. The second-order valence-corrected chi connectivity index (χ2v) is 9.42. The van der Waals surface area contributed by atoms with E-state index in [1.807, 2.05) is 0 Å². The molecule has 4 nitrogen and oxygen atoms in total. The minimum Gasteiger partial charge on any atom is -0.297 e. The van der Waals surface area contributed by atoms with E-state index in [0.29, 0.717) is 25.0 Å². The monoisotopic (exact) mass is 350 g/mol. The lowest BCUT2D eigenvalue weighted by Crippen LogP contribution is -2.38. The van der Waals surface area contributed by atoms with E-state index in [0.717, 1.165) is 12.8 Å². The molecule has 24 heavy (non-hydrogen) atoms. The third-order valence-corrected chi connectivity index (χ3v) is 7.65. The average Bonchev–Trinajstić information content (AvgIpc) is 3.16. The maximum absolute atomic E-state index is 12.0.